The highest BCUT2D eigenvalue weighted by Crippen LogP contribution is 2.26. The Kier molecular flexibility index (Phi) is 5.30. The molecule has 0 aliphatic heterocycles. The van der Waals surface area contributed by atoms with Crippen molar-refractivity contribution in [3.05, 3.63) is 54.1 Å². The van der Waals surface area contributed by atoms with E-state index in [4.69, 9.17) is 4.74 Å². The highest BCUT2D eigenvalue weighted by Gasteiger charge is 2.16. The Bertz CT molecular complexity index is 647. The predicted octanol–water partition coefficient (Wildman–Crippen LogP) is 3.94. The van der Waals surface area contributed by atoms with Crippen LogP contribution < -0.4 is 14.8 Å². The summed E-state index contributed by atoms with van der Waals surface area (Å²) in [5.41, 5.74) is 0.482. The van der Waals surface area contributed by atoms with Gasteiger partial charge in [0.05, 0.1) is 17.9 Å². The summed E-state index contributed by atoms with van der Waals surface area (Å²) in [6.45, 7) is -0.729. The molecule has 0 bridgehead atoms. The number of hydrogen-bond acceptors (Lipinski definition) is 3. The molecule has 116 valence electrons. The number of anilines is 1. The zero-order chi connectivity index (χ0) is 15.9. The van der Waals surface area contributed by atoms with Gasteiger partial charge in [0, 0.05) is 0 Å². The summed E-state index contributed by atoms with van der Waals surface area (Å²) in [5, 5.41) is 2.64. The predicted molar refractivity (Wildman–Crippen MR) is 78.6 cm³/mol. The second kappa shape index (κ2) is 7.40. The van der Waals surface area contributed by atoms with E-state index in [0.717, 1.165) is 0 Å². The van der Waals surface area contributed by atoms with Crippen molar-refractivity contribution in [1.82, 2.24) is 0 Å². The van der Waals surface area contributed by atoms with Crippen LogP contribution in [0, 0.1) is 0 Å². The summed E-state index contributed by atoms with van der Waals surface area (Å²) in [6.07, 6.45) is 0. The molecule has 0 aliphatic carbocycles. The Labute approximate surface area is 126 Å². The molecule has 0 saturated carbocycles. The normalized spacial score (nSPS) is 10.4. The summed E-state index contributed by atoms with van der Waals surface area (Å²) in [4.78, 5) is 12.3. The van der Waals surface area contributed by atoms with E-state index in [1.807, 2.05) is 6.92 Å². The van der Waals surface area contributed by atoms with Crippen LogP contribution in [0.5, 0.6) is 11.5 Å². The lowest BCUT2D eigenvalue weighted by molar-refractivity contribution is -0.0501. The SMILES string of the molecule is CCOc1ccccc1NC(=O)c1ccccc1OC(F)F. The minimum atomic E-state index is -3.00. The van der Waals surface area contributed by atoms with Crippen LogP contribution in [0.15, 0.2) is 48.5 Å². The first-order valence-corrected chi connectivity index (χ1v) is 6.68. The van der Waals surface area contributed by atoms with Crippen molar-refractivity contribution in [3.63, 3.8) is 0 Å². The molecule has 0 atom stereocenters. The van der Waals surface area contributed by atoms with Crippen molar-refractivity contribution < 1.29 is 23.0 Å². The van der Waals surface area contributed by atoms with Gasteiger partial charge in [0.2, 0.25) is 0 Å². The number of para-hydroxylation sites is 3. The van der Waals surface area contributed by atoms with E-state index in [9.17, 15) is 13.6 Å². The number of ether oxygens (including phenoxy) is 2. The first kappa shape index (κ1) is 15.8. The number of carbonyl (C=O) groups is 1. The standard InChI is InChI=1S/C16H15F2NO3/c1-2-21-14-10-6-4-8-12(14)19-15(20)11-7-3-5-9-13(11)22-16(17)18/h3-10,16H,2H2,1H3,(H,19,20). The smallest absolute Gasteiger partial charge is 0.387 e. The van der Waals surface area contributed by atoms with Gasteiger partial charge in [0.1, 0.15) is 11.5 Å². The van der Waals surface area contributed by atoms with Crippen LogP contribution >= 0.6 is 0 Å². The molecular weight excluding hydrogens is 292 g/mol. The molecule has 0 heterocycles. The van der Waals surface area contributed by atoms with Crippen molar-refractivity contribution in [3.8, 4) is 11.5 Å². The van der Waals surface area contributed by atoms with Gasteiger partial charge in [-0.15, -0.1) is 0 Å². The molecule has 1 amide bonds. The van der Waals surface area contributed by atoms with Crippen LogP contribution in [0.25, 0.3) is 0 Å². The lowest BCUT2D eigenvalue weighted by atomic mass is 10.2. The fourth-order valence-electron chi connectivity index (χ4n) is 1.89. The monoisotopic (exact) mass is 307 g/mol. The molecule has 0 unspecified atom stereocenters. The van der Waals surface area contributed by atoms with Gasteiger partial charge in [-0.05, 0) is 31.2 Å². The van der Waals surface area contributed by atoms with Crippen LogP contribution in [0.2, 0.25) is 0 Å². The number of carbonyl (C=O) groups excluding carboxylic acids is 1. The Morgan fingerprint density at radius 2 is 1.73 bits per heavy atom. The third kappa shape index (κ3) is 3.94. The third-order valence-electron chi connectivity index (χ3n) is 2.78. The second-order valence-electron chi connectivity index (χ2n) is 4.26. The molecule has 1 N–H and O–H groups in total. The topological polar surface area (TPSA) is 47.6 Å². The minimum absolute atomic E-state index is 0.0223. The van der Waals surface area contributed by atoms with Gasteiger partial charge in [-0.3, -0.25) is 4.79 Å². The molecule has 2 aromatic carbocycles. The van der Waals surface area contributed by atoms with Crippen LogP contribution in [-0.2, 0) is 0 Å². The Balaban J connectivity index is 2.23. The van der Waals surface area contributed by atoms with E-state index in [2.05, 4.69) is 10.1 Å². The molecule has 0 radical (unpaired) electrons. The maximum absolute atomic E-state index is 12.4. The summed E-state index contributed by atoms with van der Waals surface area (Å²) >= 11 is 0. The second-order valence-corrected chi connectivity index (χ2v) is 4.26. The molecule has 0 aliphatic rings. The van der Waals surface area contributed by atoms with Crippen molar-refractivity contribution in [2.45, 2.75) is 13.5 Å². The zero-order valence-corrected chi connectivity index (χ0v) is 11.9. The van der Waals surface area contributed by atoms with Gasteiger partial charge in [-0.2, -0.15) is 8.78 Å². The number of rotatable bonds is 6. The van der Waals surface area contributed by atoms with Gasteiger partial charge in [0.25, 0.3) is 5.91 Å². The van der Waals surface area contributed by atoms with Gasteiger partial charge < -0.3 is 14.8 Å². The fraction of sp³-hybridized carbons (Fsp3) is 0.188. The molecule has 4 nitrogen and oxygen atoms in total. The van der Waals surface area contributed by atoms with Crippen molar-refractivity contribution in [1.29, 1.82) is 0 Å². The van der Waals surface area contributed by atoms with E-state index >= 15 is 0 Å². The number of amides is 1. The third-order valence-corrected chi connectivity index (χ3v) is 2.78. The Morgan fingerprint density at radius 1 is 1.09 bits per heavy atom. The van der Waals surface area contributed by atoms with E-state index in [0.29, 0.717) is 18.0 Å². The summed E-state index contributed by atoms with van der Waals surface area (Å²) < 4.78 is 34.5. The maximum atomic E-state index is 12.4. The van der Waals surface area contributed by atoms with Crippen molar-refractivity contribution in [2.24, 2.45) is 0 Å². The first-order chi connectivity index (χ1) is 10.6. The molecule has 0 spiro atoms. The van der Waals surface area contributed by atoms with Gasteiger partial charge in [-0.25, -0.2) is 0 Å². The van der Waals surface area contributed by atoms with E-state index in [1.165, 1.54) is 18.2 Å². The highest BCUT2D eigenvalue weighted by molar-refractivity contribution is 6.06. The molecule has 22 heavy (non-hydrogen) atoms. The molecule has 0 aromatic heterocycles. The number of benzene rings is 2. The molecule has 2 rings (SSSR count). The summed E-state index contributed by atoms with van der Waals surface area (Å²) in [5.74, 6) is -0.224. The van der Waals surface area contributed by atoms with Gasteiger partial charge in [-0.1, -0.05) is 24.3 Å². The average molecular weight is 307 g/mol. The number of hydrogen-bond donors (Lipinski definition) is 1. The number of alkyl halides is 2. The van der Waals surface area contributed by atoms with Crippen LogP contribution in [0.3, 0.4) is 0 Å². The number of nitrogens with one attached hydrogen (secondary N) is 1. The first-order valence-electron chi connectivity index (χ1n) is 6.68. The molecule has 6 heteroatoms. The average Bonchev–Trinajstić information content (AvgIpc) is 2.49. The van der Waals surface area contributed by atoms with Gasteiger partial charge in [0.15, 0.2) is 0 Å². The fourth-order valence-corrected chi connectivity index (χ4v) is 1.89. The number of halogens is 2. The summed E-state index contributed by atoms with van der Waals surface area (Å²) in [7, 11) is 0. The van der Waals surface area contributed by atoms with Crippen LogP contribution in [0.1, 0.15) is 17.3 Å². The van der Waals surface area contributed by atoms with Crippen molar-refractivity contribution in [2.75, 3.05) is 11.9 Å². The summed E-state index contributed by atoms with van der Waals surface area (Å²) in [6, 6.07) is 12.7. The minimum Gasteiger partial charge on any atom is -0.492 e. The molecule has 0 fully saturated rings. The van der Waals surface area contributed by atoms with E-state index < -0.39 is 12.5 Å². The van der Waals surface area contributed by atoms with E-state index in [1.54, 1.807) is 30.3 Å². The maximum Gasteiger partial charge on any atom is 0.387 e. The van der Waals surface area contributed by atoms with E-state index in [-0.39, 0.29) is 11.3 Å². The quantitative estimate of drug-likeness (QED) is 0.879. The van der Waals surface area contributed by atoms with Crippen LogP contribution in [0.4, 0.5) is 14.5 Å². The lowest BCUT2D eigenvalue weighted by Crippen LogP contribution is -2.15. The molecular formula is C16H15F2NO3. The van der Waals surface area contributed by atoms with Gasteiger partial charge >= 0.3 is 6.61 Å². The Morgan fingerprint density at radius 3 is 2.41 bits per heavy atom. The lowest BCUT2D eigenvalue weighted by Gasteiger charge is -2.13. The Hall–Kier alpha value is -2.63. The molecule has 2 aromatic rings. The zero-order valence-electron chi connectivity index (χ0n) is 11.9. The van der Waals surface area contributed by atoms with Crippen molar-refractivity contribution >= 4 is 11.6 Å². The molecule has 0 saturated heterocycles. The highest BCUT2D eigenvalue weighted by atomic mass is 19.3. The largest absolute Gasteiger partial charge is 0.492 e. The van der Waals surface area contributed by atoms with Crippen LogP contribution in [-0.4, -0.2) is 19.1 Å².